The number of benzene rings is 4. The van der Waals surface area contributed by atoms with Gasteiger partial charge >= 0.3 is 0 Å². The highest BCUT2D eigenvalue weighted by Crippen LogP contribution is 2.56. The Kier molecular flexibility index (Phi) is 7.04. The van der Waals surface area contributed by atoms with Crippen molar-refractivity contribution in [2.24, 2.45) is 0 Å². The van der Waals surface area contributed by atoms with Gasteiger partial charge in [-0.2, -0.15) is 0 Å². The van der Waals surface area contributed by atoms with E-state index in [2.05, 4.69) is 125 Å². The monoisotopic (exact) mass is 617 g/mol. The lowest BCUT2D eigenvalue weighted by atomic mass is 9.67. The predicted molar refractivity (Wildman–Crippen MR) is 196 cm³/mol. The van der Waals surface area contributed by atoms with Gasteiger partial charge in [-0.05, 0) is 99.3 Å². The van der Waals surface area contributed by atoms with Crippen molar-refractivity contribution in [2.45, 2.75) is 37.5 Å². The molecule has 230 valence electrons. The minimum atomic E-state index is 0.174. The van der Waals surface area contributed by atoms with Crippen molar-refractivity contribution in [1.82, 2.24) is 15.0 Å². The summed E-state index contributed by atoms with van der Waals surface area (Å²) in [5, 5.41) is 0. The molecule has 0 unspecified atom stereocenters. The molecule has 1 spiro atoms. The molecule has 3 nitrogen and oxygen atoms in total. The lowest BCUT2D eigenvalue weighted by Crippen LogP contribution is -2.28. The Balaban J connectivity index is 1.02. The van der Waals surface area contributed by atoms with Gasteiger partial charge in [-0.15, -0.1) is 0 Å². The van der Waals surface area contributed by atoms with Crippen molar-refractivity contribution in [1.29, 1.82) is 0 Å². The fourth-order valence-corrected chi connectivity index (χ4v) is 8.06. The first-order valence-electron chi connectivity index (χ1n) is 17.0. The van der Waals surface area contributed by atoms with Crippen molar-refractivity contribution in [3.63, 3.8) is 0 Å². The SMILES string of the molecule is c1cncc(-c2cc(-c3ccc(-c4ccc(-c5ccc6c(c5)C5(CCCCC5)c5ccccc5-6)cc4)cc3)nc(-c3cccnc3)c2)c1. The van der Waals surface area contributed by atoms with Crippen LogP contribution in [-0.2, 0) is 5.41 Å². The molecule has 48 heavy (non-hydrogen) atoms. The summed E-state index contributed by atoms with van der Waals surface area (Å²) in [5.74, 6) is 0. The predicted octanol–water partition coefficient (Wildman–Crippen LogP) is 11.4. The molecular weight excluding hydrogens is 583 g/mol. The Morgan fingerprint density at radius 2 is 0.958 bits per heavy atom. The van der Waals surface area contributed by atoms with Crippen LogP contribution in [0.3, 0.4) is 0 Å². The summed E-state index contributed by atoms with van der Waals surface area (Å²) in [5.41, 5.74) is 17.1. The zero-order valence-corrected chi connectivity index (χ0v) is 26.8. The first kappa shape index (κ1) is 28.5. The first-order chi connectivity index (χ1) is 23.7. The number of nitrogens with zero attached hydrogens (tertiary/aromatic N) is 3. The van der Waals surface area contributed by atoms with Gasteiger partial charge in [0.05, 0.1) is 11.4 Å². The van der Waals surface area contributed by atoms with E-state index in [9.17, 15) is 0 Å². The molecule has 0 saturated heterocycles. The van der Waals surface area contributed by atoms with Crippen LogP contribution in [0.1, 0.15) is 43.2 Å². The minimum absolute atomic E-state index is 0.174. The van der Waals surface area contributed by atoms with Crippen LogP contribution in [0.15, 0.2) is 152 Å². The lowest BCUT2D eigenvalue weighted by molar-refractivity contribution is 0.353. The summed E-state index contributed by atoms with van der Waals surface area (Å²) in [6, 6.07) is 46.4. The summed E-state index contributed by atoms with van der Waals surface area (Å²) in [6.45, 7) is 0. The fraction of sp³-hybridized carbons (Fsp3) is 0.133. The average molecular weight is 618 g/mol. The van der Waals surface area contributed by atoms with Crippen molar-refractivity contribution in [2.75, 3.05) is 0 Å². The third kappa shape index (κ3) is 4.94. The maximum Gasteiger partial charge on any atom is 0.0731 e. The smallest absolute Gasteiger partial charge is 0.0731 e. The molecule has 0 radical (unpaired) electrons. The van der Waals surface area contributed by atoms with E-state index in [-0.39, 0.29) is 5.41 Å². The number of hydrogen-bond acceptors (Lipinski definition) is 3. The fourth-order valence-electron chi connectivity index (χ4n) is 8.06. The largest absolute Gasteiger partial charge is 0.264 e. The van der Waals surface area contributed by atoms with Crippen LogP contribution in [0.5, 0.6) is 0 Å². The van der Waals surface area contributed by atoms with Crippen LogP contribution < -0.4 is 0 Å². The summed E-state index contributed by atoms with van der Waals surface area (Å²) in [6.07, 6.45) is 13.8. The molecular formula is C45H35N3. The molecule has 2 aliphatic rings. The maximum atomic E-state index is 5.06. The Morgan fingerprint density at radius 1 is 0.396 bits per heavy atom. The summed E-state index contributed by atoms with van der Waals surface area (Å²) in [7, 11) is 0. The number of pyridine rings is 3. The number of aromatic nitrogens is 3. The van der Waals surface area contributed by atoms with Gasteiger partial charge < -0.3 is 0 Å². The minimum Gasteiger partial charge on any atom is -0.264 e. The molecule has 9 rings (SSSR count). The normalized spacial score (nSPS) is 14.4. The van der Waals surface area contributed by atoms with Gasteiger partial charge in [0.1, 0.15) is 0 Å². The van der Waals surface area contributed by atoms with E-state index in [1.165, 1.54) is 71.0 Å². The quantitative estimate of drug-likeness (QED) is 0.193. The number of fused-ring (bicyclic) bond motifs is 5. The van der Waals surface area contributed by atoms with Crippen LogP contribution in [-0.4, -0.2) is 15.0 Å². The van der Waals surface area contributed by atoms with Crippen LogP contribution in [0.25, 0.3) is 67.0 Å². The number of hydrogen-bond donors (Lipinski definition) is 0. The molecule has 0 aliphatic heterocycles. The molecule has 1 fully saturated rings. The van der Waals surface area contributed by atoms with E-state index in [4.69, 9.17) is 4.98 Å². The van der Waals surface area contributed by atoms with Gasteiger partial charge in [0.15, 0.2) is 0 Å². The van der Waals surface area contributed by atoms with Crippen molar-refractivity contribution in [3.05, 3.63) is 163 Å². The first-order valence-corrected chi connectivity index (χ1v) is 17.0. The molecule has 4 aromatic carbocycles. The van der Waals surface area contributed by atoms with Gasteiger partial charge in [-0.1, -0.05) is 110 Å². The topological polar surface area (TPSA) is 38.7 Å². The van der Waals surface area contributed by atoms with Crippen molar-refractivity contribution >= 4 is 0 Å². The van der Waals surface area contributed by atoms with Crippen molar-refractivity contribution in [3.8, 4) is 67.0 Å². The average Bonchev–Trinajstić information content (AvgIpc) is 3.43. The maximum absolute atomic E-state index is 5.06. The molecule has 1 saturated carbocycles. The van der Waals surface area contributed by atoms with Crippen LogP contribution in [0.2, 0.25) is 0 Å². The molecule has 2 aliphatic carbocycles. The van der Waals surface area contributed by atoms with Crippen LogP contribution in [0, 0.1) is 0 Å². The summed E-state index contributed by atoms with van der Waals surface area (Å²) < 4.78 is 0. The Bertz CT molecular complexity index is 2170. The van der Waals surface area contributed by atoms with Gasteiger partial charge in [-0.25, -0.2) is 4.98 Å². The zero-order chi connectivity index (χ0) is 31.9. The van der Waals surface area contributed by atoms with E-state index in [1.807, 2.05) is 24.5 Å². The van der Waals surface area contributed by atoms with E-state index < -0.39 is 0 Å². The molecule has 3 aromatic heterocycles. The second-order valence-electron chi connectivity index (χ2n) is 13.2. The number of rotatable bonds is 5. The Hall–Kier alpha value is -5.67. The van der Waals surface area contributed by atoms with Gasteiger partial charge in [0, 0.05) is 46.9 Å². The van der Waals surface area contributed by atoms with E-state index in [1.54, 1.807) is 18.0 Å². The zero-order valence-electron chi connectivity index (χ0n) is 26.8. The van der Waals surface area contributed by atoms with E-state index in [0.29, 0.717) is 0 Å². The summed E-state index contributed by atoms with van der Waals surface area (Å²) in [4.78, 5) is 13.7. The van der Waals surface area contributed by atoms with Crippen LogP contribution in [0.4, 0.5) is 0 Å². The molecule has 0 bridgehead atoms. The van der Waals surface area contributed by atoms with Crippen LogP contribution >= 0.6 is 0 Å². The molecule has 7 aromatic rings. The van der Waals surface area contributed by atoms with Gasteiger partial charge in [0.2, 0.25) is 0 Å². The van der Waals surface area contributed by atoms with Gasteiger partial charge in [-0.3, -0.25) is 9.97 Å². The van der Waals surface area contributed by atoms with E-state index >= 15 is 0 Å². The summed E-state index contributed by atoms with van der Waals surface area (Å²) >= 11 is 0. The highest BCUT2D eigenvalue weighted by molar-refractivity contribution is 5.84. The second kappa shape index (κ2) is 11.8. The third-order valence-corrected chi connectivity index (χ3v) is 10.5. The molecule has 3 heteroatoms. The Morgan fingerprint density at radius 3 is 1.62 bits per heavy atom. The standard InChI is InChI=1S/C45H35N3/c1-4-22-45(23-5-1)41-11-3-2-10-39(41)40-21-20-35(26-42(40)45)33-14-12-31(13-15-33)32-16-18-34(19-17-32)43-27-38(36-8-6-24-46-29-36)28-44(48-43)37-9-7-25-47-30-37/h2-3,6-21,24-30H,1,4-5,22-23H2. The molecule has 0 N–H and O–H groups in total. The Labute approximate surface area is 282 Å². The highest BCUT2D eigenvalue weighted by Gasteiger charge is 2.43. The molecule has 3 heterocycles. The van der Waals surface area contributed by atoms with Gasteiger partial charge in [0.25, 0.3) is 0 Å². The van der Waals surface area contributed by atoms with Crippen molar-refractivity contribution < 1.29 is 0 Å². The molecule has 0 atom stereocenters. The second-order valence-corrected chi connectivity index (χ2v) is 13.2. The molecule has 0 amide bonds. The van der Waals surface area contributed by atoms with E-state index in [0.717, 1.165) is 33.6 Å². The highest BCUT2D eigenvalue weighted by atomic mass is 14.7. The third-order valence-electron chi connectivity index (χ3n) is 10.5. The lowest BCUT2D eigenvalue weighted by Gasteiger charge is -2.36.